The van der Waals surface area contributed by atoms with E-state index in [4.69, 9.17) is 28.4 Å². The molecule has 0 fully saturated rings. The molecule has 0 saturated carbocycles. The molecule has 0 atom stereocenters. The fraction of sp³-hybridized carbons (Fsp3) is 0.242. The van der Waals surface area contributed by atoms with E-state index in [1.54, 1.807) is 72.8 Å². The molecule has 9 nitrogen and oxygen atoms in total. The second kappa shape index (κ2) is 17.6. The first-order valence-corrected chi connectivity index (χ1v) is 13.4. The number of benzene rings is 3. The number of carbonyl (C=O) groups excluding carboxylic acids is 3. The monoisotopic (exact) mass is 574 g/mol. The van der Waals surface area contributed by atoms with Crippen LogP contribution in [-0.2, 0) is 25.7 Å². The molecule has 3 aromatic rings. The maximum absolute atomic E-state index is 12.6. The summed E-state index contributed by atoms with van der Waals surface area (Å²) in [6.45, 7) is 7.74. The minimum absolute atomic E-state index is 0.207. The highest BCUT2D eigenvalue weighted by atomic mass is 16.7. The highest BCUT2D eigenvalue weighted by Gasteiger charge is 2.09. The van der Waals surface area contributed by atoms with Gasteiger partial charge in [-0.05, 0) is 91.9 Å². The molecule has 3 aromatic carbocycles. The van der Waals surface area contributed by atoms with Gasteiger partial charge in [0.05, 0.1) is 18.8 Å². The molecule has 9 heteroatoms. The van der Waals surface area contributed by atoms with Gasteiger partial charge in [-0.2, -0.15) is 0 Å². The summed E-state index contributed by atoms with van der Waals surface area (Å²) < 4.78 is 32.0. The molecular formula is C33H34O9. The van der Waals surface area contributed by atoms with E-state index in [9.17, 15) is 14.4 Å². The van der Waals surface area contributed by atoms with Gasteiger partial charge < -0.3 is 28.4 Å². The Hall–Kier alpha value is -5.05. The van der Waals surface area contributed by atoms with Gasteiger partial charge in [-0.1, -0.05) is 25.3 Å². The lowest BCUT2D eigenvalue weighted by Gasteiger charge is -2.10. The van der Waals surface area contributed by atoms with Crippen molar-refractivity contribution in [3.05, 3.63) is 109 Å². The summed E-state index contributed by atoms with van der Waals surface area (Å²) in [5, 5.41) is 0. The van der Waals surface area contributed by atoms with E-state index in [0.29, 0.717) is 48.4 Å². The molecule has 0 saturated heterocycles. The van der Waals surface area contributed by atoms with E-state index in [-0.39, 0.29) is 6.79 Å². The second-order valence-electron chi connectivity index (χ2n) is 8.88. The quantitative estimate of drug-likeness (QED) is 0.0575. The van der Waals surface area contributed by atoms with Crippen LogP contribution in [0.15, 0.2) is 98.1 Å². The lowest BCUT2D eigenvalue weighted by molar-refractivity contribution is -0.144. The third-order valence-corrected chi connectivity index (χ3v) is 5.76. The number of carbonyl (C=O) groups is 3. The van der Waals surface area contributed by atoms with Crippen LogP contribution in [0.25, 0.3) is 0 Å². The summed E-state index contributed by atoms with van der Waals surface area (Å²) >= 11 is 0. The van der Waals surface area contributed by atoms with Gasteiger partial charge in [0.2, 0.25) is 6.79 Å². The Morgan fingerprint density at radius 1 is 0.571 bits per heavy atom. The number of esters is 3. The number of hydrogen-bond acceptors (Lipinski definition) is 9. The second-order valence-corrected chi connectivity index (χ2v) is 8.88. The van der Waals surface area contributed by atoms with Crippen LogP contribution in [0, 0.1) is 0 Å². The highest BCUT2D eigenvalue weighted by molar-refractivity contribution is 5.91. The fourth-order valence-electron chi connectivity index (χ4n) is 3.50. The Balaban J connectivity index is 1.34. The summed E-state index contributed by atoms with van der Waals surface area (Å²) in [4.78, 5) is 34.6. The van der Waals surface area contributed by atoms with Crippen molar-refractivity contribution in [1.82, 2.24) is 0 Å². The third-order valence-electron chi connectivity index (χ3n) is 5.76. The lowest BCUT2D eigenvalue weighted by atomic mass is 10.1. The van der Waals surface area contributed by atoms with Crippen molar-refractivity contribution in [2.24, 2.45) is 0 Å². The molecular weight excluding hydrogens is 540 g/mol. The standard InChI is InChI=1S/C33H34O9/c1-3-31(34)38-22-8-6-5-7-21-37-27-17-19-30(20-18-27)42-33(36)26-11-9-25(10-12-26)23-39-28-13-15-29(16-14-28)40-24-41-32(35)4-2/h3-4,9-20H,1-2,5-8,21-24H2. The van der Waals surface area contributed by atoms with Crippen LogP contribution in [0.3, 0.4) is 0 Å². The molecule has 0 spiro atoms. The van der Waals surface area contributed by atoms with E-state index in [2.05, 4.69) is 13.2 Å². The zero-order valence-electron chi connectivity index (χ0n) is 23.3. The number of rotatable bonds is 18. The van der Waals surface area contributed by atoms with Gasteiger partial charge in [-0.15, -0.1) is 0 Å². The first-order chi connectivity index (χ1) is 20.5. The molecule has 0 N–H and O–H groups in total. The summed E-state index contributed by atoms with van der Waals surface area (Å²) in [5.41, 5.74) is 1.29. The molecule has 0 bridgehead atoms. The van der Waals surface area contributed by atoms with Crippen molar-refractivity contribution in [3.8, 4) is 23.0 Å². The lowest BCUT2D eigenvalue weighted by Crippen LogP contribution is -2.08. The predicted molar refractivity (Wildman–Crippen MR) is 156 cm³/mol. The summed E-state index contributed by atoms with van der Waals surface area (Å²) in [7, 11) is 0. The topological polar surface area (TPSA) is 107 Å². The van der Waals surface area contributed by atoms with Crippen LogP contribution in [0.4, 0.5) is 0 Å². The van der Waals surface area contributed by atoms with Crippen LogP contribution in [0.1, 0.15) is 41.6 Å². The third kappa shape index (κ3) is 11.6. The maximum atomic E-state index is 12.6. The van der Waals surface area contributed by atoms with Crippen LogP contribution < -0.4 is 18.9 Å². The van der Waals surface area contributed by atoms with E-state index in [0.717, 1.165) is 43.4 Å². The fourth-order valence-corrected chi connectivity index (χ4v) is 3.50. The Morgan fingerprint density at radius 2 is 1.10 bits per heavy atom. The van der Waals surface area contributed by atoms with E-state index in [1.807, 2.05) is 0 Å². The summed E-state index contributed by atoms with van der Waals surface area (Å²) in [6, 6.07) is 20.7. The van der Waals surface area contributed by atoms with Gasteiger partial charge in [-0.3, -0.25) is 0 Å². The molecule has 0 aromatic heterocycles. The SMILES string of the molecule is C=CC(=O)OCCCCCCOc1ccc(OC(=O)c2ccc(COc3ccc(OCOC(=O)C=C)cc3)cc2)cc1. The van der Waals surface area contributed by atoms with Gasteiger partial charge in [0, 0.05) is 12.2 Å². The maximum Gasteiger partial charge on any atom is 0.343 e. The highest BCUT2D eigenvalue weighted by Crippen LogP contribution is 2.21. The van der Waals surface area contributed by atoms with Crippen LogP contribution in [-0.4, -0.2) is 37.9 Å². The van der Waals surface area contributed by atoms with Gasteiger partial charge in [0.15, 0.2) is 0 Å². The largest absolute Gasteiger partial charge is 0.494 e. The Kier molecular flexibility index (Phi) is 13.2. The Morgan fingerprint density at radius 3 is 1.71 bits per heavy atom. The Bertz CT molecular complexity index is 1300. The van der Waals surface area contributed by atoms with Gasteiger partial charge in [0.1, 0.15) is 29.6 Å². The molecule has 220 valence electrons. The van der Waals surface area contributed by atoms with Crippen molar-refractivity contribution in [2.45, 2.75) is 32.3 Å². The first-order valence-electron chi connectivity index (χ1n) is 13.4. The van der Waals surface area contributed by atoms with E-state index < -0.39 is 17.9 Å². The van der Waals surface area contributed by atoms with Crippen molar-refractivity contribution in [3.63, 3.8) is 0 Å². The molecule has 0 amide bonds. The predicted octanol–water partition coefficient (Wildman–Crippen LogP) is 6.22. The average Bonchev–Trinajstić information content (AvgIpc) is 3.02. The van der Waals surface area contributed by atoms with Gasteiger partial charge in [0.25, 0.3) is 0 Å². The molecule has 0 aliphatic heterocycles. The van der Waals surface area contributed by atoms with Gasteiger partial charge in [-0.25, -0.2) is 14.4 Å². The van der Waals surface area contributed by atoms with Crippen molar-refractivity contribution < 1.29 is 42.8 Å². The molecule has 0 heterocycles. The molecule has 0 radical (unpaired) electrons. The van der Waals surface area contributed by atoms with Crippen LogP contribution in [0.2, 0.25) is 0 Å². The van der Waals surface area contributed by atoms with Gasteiger partial charge >= 0.3 is 17.9 Å². The normalized spacial score (nSPS) is 10.2. The molecule has 42 heavy (non-hydrogen) atoms. The number of unbranched alkanes of at least 4 members (excludes halogenated alkanes) is 3. The van der Waals surface area contributed by atoms with E-state index in [1.165, 1.54) is 0 Å². The molecule has 0 unspecified atom stereocenters. The Labute approximate surface area is 245 Å². The van der Waals surface area contributed by atoms with E-state index >= 15 is 0 Å². The van der Waals surface area contributed by atoms with Crippen molar-refractivity contribution in [1.29, 1.82) is 0 Å². The zero-order valence-corrected chi connectivity index (χ0v) is 23.3. The van der Waals surface area contributed by atoms with Crippen LogP contribution >= 0.6 is 0 Å². The molecule has 3 rings (SSSR count). The minimum Gasteiger partial charge on any atom is -0.494 e. The van der Waals surface area contributed by atoms with Crippen molar-refractivity contribution in [2.75, 3.05) is 20.0 Å². The summed E-state index contributed by atoms with van der Waals surface area (Å²) in [6.07, 6.45) is 5.82. The van der Waals surface area contributed by atoms with Crippen LogP contribution in [0.5, 0.6) is 23.0 Å². The smallest absolute Gasteiger partial charge is 0.343 e. The molecule has 0 aliphatic rings. The number of ether oxygens (including phenoxy) is 6. The minimum atomic E-state index is -0.559. The average molecular weight is 575 g/mol. The molecule has 0 aliphatic carbocycles. The summed E-state index contributed by atoms with van der Waals surface area (Å²) in [5.74, 6) is 0.840. The van der Waals surface area contributed by atoms with Crippen molar-refractivity contribution >= 4 is 17.9 Å². The first kappa shape index (κ1) is 31.5. The number of hydrogen-bond donors (Lipinski definition) is 0. The zero-order chi connectivity index (χ0) is 30.0.